The number of carbonyl (C=O) groups excluding carboxylic acids is 1. The summed E-state index contributed by atoms with van der Waals surface area (Å²) in [6, 6.07) is 1.29. The van der Waals surface area contributed by atoms with E-state index in [-0.39, 0.29) is 34.4 Å². The van der Waals surface area contributed by atoms with Crippen molar-refractivity contribution < 1.29 is 23.0 Å². The molecule has 3 aromatic rings. The van der Waals surface area contributed by atoms with Gasteiger partial charge < -0.3 is 14.8 Å². The highest BCUT2D eigenvalue weighted by Crippen LogP contribution is 2.58. The summed E-state index contributed by atoms with van der Waals surface area (Å²) in [6.45, 7) is 3.56. The first-order chi connectivity index (χ1) is 14.7. The average molecular weight is 432 g/mol. The molecule has 0 unspecified atom stereocenters. The first-order valence-electron chi connectivity index (χ1n) is 10.0. The van der Waals surface area contributed by atoms with Crippen LogP contribution in [0.1, 0.15) is 56.2 Å². The van der Waals surface area contributed by atoms with E-state index < -0.39 is 12.5 Å². The van der Waals surface area contributed by atoms with Gasteiger partial charge in [0.15, 0.2) is 5.82 Å². The van der Waals surface area contributed by atoms with Crippen LogP contribution in [-0.4, -0.2) is 48.4 Å². The molecule has 0 aromatic carbocycles. The van der Waals surface area contributed by atoms with Gasteiger partial charge in [0.1, 0.15) is 5.56 Å². The zero-order valence-corrected chi connectivity index (χ0v) is 17.3. The van der Waals surface area contributed by atoms with Gasteiger partial charge in [-0.15, -0.1) is 0 Å². The van der Waals surface area contributed by atoms with Gasteiger partial charge in [0, 0.05) is 30.1 Å². The summed E-state index contributed by atoms with van der Waals surface area (Å²) in [5.74, 6) is -0.0375. The highest BCUT2D eigenvalue weighted by molar-refractivity contribution is 6.05. The van der Waals surface area contributed by atoms with Crippen molar-refractivity contribution in [2.75, 3.05) is 11.9 Å². The monoisotopic (exact) mass is 432 g/mol. The highest BCUT2D eigenvalue weighted by atomic mass is 19.3. The quantitative estimate of drug-likeness (QED) is 0.643. The molecule has 0 atom stereocenters. The lowest BCUT2D eigenvalue weighted by atomic mass is 9.62. The molecule has 6 rings (SSSR count). The van der Waals surface area contributed by atoms with Gasteiger partial charge in [0.05, 0.1) is 24.0 Å². The van der Waals surface area contributed by atoms with Crippen molar-refractivity contribution in [3.8, 4) is 5.88 Å². The number of imidazole rings is 1. The number of carbonyl (C=O) groups is 1. The van der Waals surface area contributed by atoms with E-state index in [0.29, 0.717) is 17.1 Å². The maximum Gasteiger partial charge on any atom is 0.333 e. The largest absolute Gasteiger partial charge is 0.474 e. The van der Waals surface area contributed by atoms with E-state index in [9.17, 15) is 13.6 Å². The number of alkyl halides is 2. The standard InChI is InChI=1S/C20H22F2N6O3/c1-11(2)31-16-12(15(29)24-14-4-5-28(26-14)17(21)22)6-27-7-13(23-18(27)25-16)20-8-19(3,9-20)30-10-20/h4-7,11,17H,8-10H2,1-3H3,(H,24,26,29). The van der Waals surface area contributed by atoms with Gasteiger partial charge in [-0.2, -0.15) is 18.9 Å². The molecule has 164 valence electrons. The molecule has 3 aliphatic rings. The number of hydrogen-bond acceptors (Lipinski definition) is 6. The van der Waals surface area contributed by atoms with Crippen LogP contribution in [-0.2, 0) is 10.2 Å². The Labute approximate surface area is 176 Å². The average Bonchev–Trinajstić information content (AvgIpc) is 3.41. The van der Waals surface area contributed by atoms with Gasteiger partial charge in [-0.1, -0.05) is 0 Å². The van der Waals surface area contributed by atoms with Crippen molar-refractivity contribution in [2.24, 2.45) is 0 Å². The molecule has 0 radical (unpaired) electrons. The van der Waals surface area contributed by atoms with Crippen LogP contribution in [0, 0.1) is 0 Å². The minimum Gasteiger partial charge on any atom is -0.474 e. The number of nitrogens with zero attached hydrogens (tertiary/aromatic N) is 5. The normalized spacial score (nSPS) is 24.7. The van der Waals surface area contributed by atoms with Crippen molar-refractivity contribution in [1.82, 2.24) is 24.1 Å². The minimum atomic E-state index is -2.79. The molecule has 0 spiro atoms. The third kappa shape index (κ3) is 3.32. The van der Waals surface area contributed by atoms with Crippen LogP contribution in [0.3, 0.4) is 0 Å². The summed E-state index contributed by atoms with van der Waals surface area (Å²) in [4.78, 5) is 22.0. The Kier molecular flexibility index (Phi) is 4.30. The van der Waals surface area contributed by atoms with Gasteiger partial charge in [0.25, 0.3) is 5.91 Å². The van der Waals surface area contributed by atoms with Crippen molar-refractivity contribution in [2.45, 2.75) is 57.3 Å². The Morgan fingerprint density at radius 1 is 1.29 bits per heavy atom. The van der Waals surface area contributed by atoms with Crippen LogP contribution in [0.15, 0.2) is 24.7 Å². The molecule has 1 aliphatic carbocycles. The third-order valence-electron chi connectivity index (χ3n) is 5.72. The summed E-state index contributed by atoms with van der Waals surface area (Å²) in [6.07, 6.45) is 6.10. The first kappa shape index (κ1) is 19.9. The molecule has 2 aliphatic heterocycles. The second-order valence-electron chi connectivity index (χ2n) is 8.74. The number of hydrogen-bond donors (Lipinski definition) is 1. The zero-order chi connectivity index (χ0) is 22.0. The predicted molar refractivity (Wildman–Crippen MR) is 105 cm³/mol. The van der Waals surface area contributed by atoms with E-state index in [1.807, 2.05) is 20.0 Å². The molecule has 11 heteroatoms. The topological polar surface area (TPSA) is 95.6 Å². The summed E-state index contributed by atoms with van der Waals surface area (Å²) in [7, 11) is 0. The Balaban J connectivity index is 1.48. The van der Waals surface area contributed by atoms with Crippen LogP contribution in [0.25, 0.3) is 5.78 Å². The highest BCUT2D eigenvalue weighted by Gasteiger charge is 2.61. The number of halogens is 2. The molecule has 1 amide bonds. The third-order valence-corrected chi connectivity index (χ3v) is 5.72. The fourth-order valence-electron chi connectivity index (χ4n) is 4.48. The molecule has 3 aromatic heterocycles. The minimum absolute atomic E-state index is 0.00274. The van der Waals surface area contributed by atoms with Crippen LogP contribution < -0.4 is 10.1 Å². The predicted octanol–water partition coefficient (Wildman–Crippen LogP) is 3.18. The zero-order valence-electron chi connectivity index (χ0n) is 17.3. The lowest BCUT2D eigenvalue weighted by Crippen LogP contribution is -2.45. The van der Waals surface area contributed by atoms with E-state index in [1.54, 1.807) is 10.6 Å². The van der Waals surface area contributed by atoms with Crippen LogP contribution >= 0.6 is 0 Å². The van der Waals surface area contributed by atoms with Crippen molar-refractivity contribution in [3.05, 3.63) is 35.9 Å². The van der Waals surface area contributed by atoms with Crippen LogP contribution in [0.2, 0.25) is 0 Å². The number of fused-ring (bicyclic) bond motifs is 2. The van der Waals surface area contributed by atoms with Gasteiger partial charge in [-0.3, -0.25) is 9.20 Å². The molecule has 9 nitrogen and oxygen atoms in total. The molecule has 1 N–H and O–H groups in total. The Hall–Kier alpha value is -3.08. The summed E-state index contributed by atoms with van der Waals surface area (Å²) >= 11 is 0. The second-order valence-corrected chi connectivity index (χ2v) is 8.74. The van der Waals surface area contributed by atoms with Gasteiger partial charge >= 0.3 is 6.55 Å². The Bertz CT molecular complexity index is 1170. The van der Waals surface area contributed by atoms with Gasteiger partial charge in [-0.25, -0.2) is 9.67 Å². The number of amides is 1. The van der Waals surface area contributed by atoms with E-state index in [0.717, 1.165) is 24.7 Å². The molecule has 2 saturated heterocycles. The fraction of sp³-hybridized carbons (Fsp3) is 0.500. The molecular formula is C20H22F2N6O3. The maximum absolute atomic E-state index is 12.9. The lowest BCUT2D eigenvalue weighted by Gasteiger charge is -2.41. The van der Waals surface area contributed by atoms with E-state index in [4.69, 9.17) is 9.47 Å². The molecule has 3 fully saturated rings. The van der Waals surface area contributed by atoms with Gasteiger partial charge in [-0.05, 0) is 33.6 Å². The van der Waals surface area contributed by atoms with E-state index >= 15 is 0 Å². The van der Waals surface area contributed by atoms with Gasteiger partial charge in [0.2, 0.25) is 11.7 Å². The summed E-state index contributed by atoms with van der Waals surface area (Å²) in [5, 5.41) is 6.16. The maximum atomic E-state index is 12.9. The summed E-state index contributed by atoms with van der Waals surface area (Å²) in [5.41, 5.74) is 0.822. The molecular weight excluding hydrogens is 410 g/mol. The van der Waals surface area contributed by atoms with Crippen molar-refractivity contribution in [3.63, 3.8) is 0 Å². The van der Waals surface area contributed by atoms with Crippen LogP contribution in [0.4, 0.5) is 14.6 Å². The fourth-order valence-corrected chi connectivity index (χ4v) is 4.48. The van der Waals surface area contributed by atoms with Crippen LogP contribution in [0.5, 0.6) is 5.88 Å². The summed E-state index contributed by atoms with van der Waals surface area (Å²) < 4.78 is 39.3. The van der Waals surface area contributed by atoms with E-state index in [2.05, 4.69) is 27.3 Å². The first-order valence-corrected chi connectivity index (χ1v) is 10.0. The number of nitrogens with one attached hydrogen (secondary N) is 1. The smallest absolute Gasteiger partial charge is 0.333 e. The molecule has 31 heavy (non-hydrogen) atoms. The SMILES string of the molecule is CC(C)Oc1nc2nc(C34COC(C)(C3)C4)cn2cc1C(=O)Nc1ccn(C(F)F)n1. The van der Waals surface area contributed by atoms with Crippen molar-refractivity contribution >= 4 is 17.5 Å². The number of anilines is 1. The number of ether oxygens (including phenoxy) is 2. The number of aromatic nitrogens is 5. The van der Waals surface area contributed by atoms with E-state index in [1.165, 1.54) is 6.07 Å². The lowest BCUT2D eigenvalue weighted by molar-refractivity contribution is 0.0154. The van der Waals surface area contributed by atoms with Crippen molar-refractivity contribution in [1.29, 1.82) is 0 Å². The molecule has 5 heterocycles. The molecule has 1 saturated carbocycles. The Morgan fingerprint density at radius 3 is 2.68 bits per heavy atom. The molecule has 2 bridgehead atoms. The number of rotatable bonds is 6. The second kappa shape index (κ2) is 6.71. The Morgan fingerprint density at radius 2 is 2.06 bits per heavy atom.